The lowest BCUT2D eigenvalue weighted by molar-refractivity contribution is 0.397. The van der Waals surface area contributed by atoms with Crippen molar-refractivity contribution >= 4 is 15.9 Å². The summed E-state index contributed by atoms with van der Waals surface area (Å²) in [7, 11) is 1.53. The molecule has 96 valence electrons. The van der Waals surface area contributed by atoms with E-state index in [1.807, 2.05) is 0 Å². The predicted molar refractivity (Wildman–Crippen MR) is 71.7 cm³/mol. The first-order valence-electron chi connectivity index (χ1n) is 5.74. The SMILES string of the molecule is COc1cc(F)c(Br)cc1C(N)CCC(C)C. The summed E-state index contributed by atoms with van der Waals surface area (Å²) >= 11 is 3.17. The van der Waals surface area contributed by atoms with Gasteiger partial charge < -0.3 is 10.5 Å². The van der Waals surface area contributed by atoms with Crippen LogP contribution in [0.2, 0.25) is 0 Å². The van der Waals surface area contributed by atoms with Gasteiger partial charge in [-0.2, -0.15) is 0 Å². The van der Waals surface area contributed by atoms with Crippen LogP contribution in [0.4, 0.5) is 4.39 Å². The van der Waals surface area contributed by atoms with Gasteiger partial charge in [0.25, 0.3) is 0 Å². The quantitative estimate of drug-likeness (QED) is 0.891. The van der Waals surface area contributed by atoms with Gasteiger partial charge >= 0.3 is 0 Å². The molecule has 0 saturated carbocycles. The molecule has 0 spiro atoms. The lowest BCUT2D eigenvalue weighted by atomic mass is 9.97. The van der Waals surface area contributed by atoms with Gasteiger partial charge in [0.15, 0.2) is 0 Å². The Balaban J connectivity index is 2.91. The number of ether oxygens (including phenoxy) is 1. The largest absolute Gasteiger partial charge is 0.496 e. The van der Waals surface area contributed by atoms with Crippen molar-refractivity contribution in [1.82, 2.24) is 0 Å². The molecule has 0 aliphatic heterocycles. The normalized spacial score (nSPS) is 12.9. The average molecular weight is 304 g/mol. The maximum atomic E-state index is 13.4. The van der Waals surface area contributed by atoms with Gasteiger partial charge in [0.05, 0.1) is 11.6 Å². The molecule has 17 heavy (non-hydrogen) atoms. The van der Waals surface area contributed by atoms with Crippen LogP contribution in [0.5, 0.6) is 5.75 Å². The van der Waals surface area contributed by atoms with Crippen molar-refractivity contribution in [2.24, 2.45) is 11.7 Å². The summed E-state index contributed by atoms with van der Waals surface area (Å²) in [4.78, 5) is 0. The standard InChI is InChI=1S/C13H19BrFNO/c1-8(2)4-5-12(16)9-6-10(14)11(15)7-13(9)17-3/h6-8,12H,4-5,16H2,1-3H3. The molecule has 4 heteroatoms. The fraction of sp³-hybridized carbons (Fsp3) is 0.538. The first kappa shape index (κ1) is 14.5. The van der Waals surface area contributed by atoms with Crippen molar-refractivity contribution in [1.29, 1.82) is 0 Å². The van der Waals surface area contributed by atoms with Crippen molar-refractivity contribution in [3.05, 3.63) is 28.0 Å². The van der Waals surface area contributed by atoms with E-state index in [1.165, 1.54) is 13.2 Å². The first-order chi connectivity index (χ1) is 7.95. The predicted octanol–water partition coefficient (Wildman–Crippen LogP) is 4.03. The van der Waals surface area contributed by atoms with Crippen LogP contribution in [0.15, 0.2) is 16.6 Å². The molecule has 0 aromatic heterocycles. The van der Waals surface area contributed by atoms with Crippen molar-refractivity contribution in [2.45, 2.75) is 32.7 Å². The van der Waals surface area contributed by atoms with Gasteiger partial charge in [-0.15, -0.1) is 0 Å². The minimum absolute atomic E-state index is 0.121. The van der Waals surface area contributed by atoms with Crippen LogP contribution in [0.1, 0.15) is 38.3 Å². The highest BCUT2D eigenvalue weighted by Crippen LogP contribution is 2.32. The highest BCUT2D eigenvalue weighted by Gasteiger charge is 2.15. The van der Waals surface area contributed by atoms with E-state index in [0.29, 0.717) is 16.1 Å². The molecular weight excluding hydrogens is 285 g/mol. The first-order valence-corrected chi connectivity index (χ1v) is 6.53. The summed E-state index contributed by atoms with van der Waals surface area (Å²) < 4.78 is 18.9. The van der Waals surface area contributed by atoms with Crippen LogP contribution in [-0.2, 0) is 0 Å². The Morgan fingerprint density at radius 2 is 2.00 bits per heavy atom. The van der Waals surface area contributed by atoms with E-state index in [9.17, 15) is 4.39 Å². The van der Waals surface area contributed by atoms with Crippen molar-refractivity contribution in [3.8, 4) is 5.75 Å². The Bertz CT molecular complexity index is 382. The molecule has 0 amide bonds. The molecule has 0 bridgehead atoms. The molecule has 2 N–H and O–H groups in total. The second-order valence-corrected chi connectivity index (χ2v) is 5.44. The molecule has 2 nitrogen and oxygen atoms in total. The Labute approximate surface area is 110 Å². The number of hydrogen-bond donors (Lipinski definition) is 1. The van der Waals surface area contributed by atoms with Crippen LogP contribution in [0, 0.1) is 11.7 Å². The number of rotatable bonds is 5. The Hall–Kier alpha value is -0.610. The van der Waals surface area contributed by atoms with Crippen molar-refractivity contribution in [3.63, 3.8) is 0 Å². The number of nitrogens with two attached hydrogens (primary N) is 1. The number of benzene rings is 1. The molecule has 0 saturated heterocycles. The van der Waals surface area contributed by atoms with Crippen LogP contribution in [0.25, 0.3) is 0 Å². The third-order valence-corrected chi connectivity index (χ3v) is 3.33. The van der Waals surface area contributed by atoms with E-state index in [2.05, 4.69) is 29.8 Å². The highest BCUT2D eigenvalue weighted by molar-refractivity contribution is 9.10. The Morgan fingerprint density at radius 1 is 1.35 bits per heavy atom. The van der Waals surface area contributed by atoms with Crippen molar-refractivity contribution < 1.29 is 9.13 Å². The topological polar surface area (TPSA) is 35.2 Å². The summed E-state index contributed by atoms with van der Waals surface area (Å²) in [5.41, 5.74) is 6.96. The minimum Gasteiger partial charge on any atom is -0.496 e. The fourth-order valence-electron chi connectivity index (χ4n) is 1.68. The molecule has 0 aliphatic carbocycles. The second kappa shape index (κ2) is 6.36. The van der Waals surface area contributed by atoms with Gasteiger partial charge in [0, 0.05) is 17.7 Å². The van der Waals surface area contributed by atoms with E-state index >= 15 is 0 Å². The minimum atomic E-state index is -0.332. The maximum absolute atomic E-state index is 13.4. The lowest BCUT2D eigenvalue weighted by Crippen LogP contribution is -2.13. The molecule has 1 aromatic rings. The fourth-order valence-corrected chi connectivity index (χ4v) is 2.04. The van der Waals surface area contributed by atoms with E-state index in [0.717, 1.165) is 18.4 Å². The zero-order valence-electron chi connectivity index (χ0n) is 10.5. The van der Waals surface area contributed by atoms with Crippen LogP contribution in [-0.4, -0.2) is 7.11 Å². The van der Waals surface area contributed by atoms with Crippen LogP contribution < -0.4 is 10.5 Å². The maximum Gasteiger partial charge on any atom is 0.141 e. The van der Waals surface area contributed by atoms with Gasteiger partial charge in [-0.1, -0.05) is 13.8 Å². The molecular formula is C13H19BrFNO. The lowest BCUT2D eigenvalue weighted by Gasteiger charge is -2.17. The number of hydrogen-bond acceptors (Lipinski definition) is 2. The van der Waals surface area contributed by atoms with E-state index in [1.54, 1.807) is 6.07 Å². The molecule has 1 atom stereocenters. The van der Waals surface area contributed by atoms with E-state index < -0.39 is 0 Å². The summed E-state index contributed by atoms with van der Waals surface area (Å²) in [5.74, 6) is 0.791. The van der Waals surface area contributed by atoms with E-state index in [4.69, 9.17) is 10.5 Å². The van der Waals surface area contributed by atoms with Gasteiger partial charge in [0.2, 0.25) is 0 Å². The van der Waals surface area contributed by atoms with Gasteiger partial charge in [-0.3, -0.25) is 0 Å². The second-order valence-electron chi connectivity index (χ2n) is 4.59. The number of methoxy groups -OCH3 is 1. The summed E-state index contributed by atoms with van der Waals surface area (Å²) in [6.45, 7) is 4.31. The molecule has 1 rings (SSSR count). The summed E-state index contributed by atoms with van der Waals surface area (Å²) in [5, 5.41) is 0. The zero-order chi connectivity index (χ0) is 13.0. The molecule has 0 fully saturated rings. The summed E-state index contributed by atoms with van der Waals surface area (Å²) in [6, 6.07) is 2.96. The molecule has 0 heterocycles. The van der Waals surface area contributed by atoms with E-state index in [-0.39, 0.29) is 11.9 Å². The highest BCUT2D eigenvalue weighted by atomic mass is 79.9. The molecule has 1 aromatic carbocycles. The van der Waals surface area contributed by atoms with Gasteiger partial charge in [-0.25, -0.2) is 4.39 Å². The molecule has 0 aliphatic rings. The van der Waals surface area contributed by atoms with Gasteiger partial charge in [-0.05, 0) is 40.8 Å². The summed E-state index contributed by atoms with van der Waals surface area (Å²) in [6.07, 6.45) is 1.91. The average Bonchev–Trinajstić information content (AvgIpc) is 2.28. The third-order valence-electron chi connectivity index (χ3n) is 2.73. The Morgan fingerprint density at radius 3 is 2.53 bits per heavy atom. The zero-order valence-corrected chi connectivity index (χ0v) is 12.1. The number of halogens is 2. The Kier molecular flexibility index (Phi) is 5.40. The van der Waals surface area contributed by atoms with Crippen molar-refractivity contribution in [2.75, 3.05) is 7.11 Å². The molecule has 0 radical (unpaired) electrons. The van der Waals surface area contributed by atoms with Crippen LogP contribution >= 0.6 is 15.9 Å². The third kappa shape index (κ3) is 3.96. The molecule has 1 unspecified atom stereocenters. The monoisotopic (exact) mass is 303 g/mol. The van der Waals surface area contributed by atoms with Gasteiger partial charge in [0.1, 0.15) is 11.6 Å². The van der Waals surface area contributed by atoms with Crippen LogP contribution in [0.3, 0.4) is 0 Å². The smallest absolute Gasteiger partial charge is 0.141 e.